The van der Waals surface area contributed by atoms with Crippen molar-refractivity contribution < 1.29 is 19.1 Å². The number of ether oxygens (including phenoxy) is 2. The van der Waals surface area contributed by atoms with Gasteiger partial charge in [0.05, 0.1) is 30.5 Å². The lowest BCUT2D eigenvalue weighted by molar-refractivity contribution is -0.119. The number of pyridine rings is 1. The van der Waals surface area contributed by atoms with Crippen molar-refractivity contribution in [1.82, 2.24) is 14.9 Å². The van der Waals surface area contributed by atoms with Crippen LogP contribution in [0.25, 0.3) is 5.69 Å². The highest BCUT2D eigenvalue weighted by Crippen LogP contribution is 2.44. The number of aryl methyl sites for hydroxylation is 1. The summed E-state index contributed by atoms with van der Waals surface area (Å²) in [6.45, 7) is 4.12. The fraction of sp³-hybridized carbons (Fsp3) is 0.226. The van der Waals surface area contributed by atoms with E-state index >= 15 is 0 Å². The van der Waals surface area contributed by atoms with Crippen molar-refractivity contribution in [3.63, 3.8) is 0 Å². The number of esters is 1. The predicted octanol–water partition coefficient (Wildman–Crippen LogP) is 5.04. The lowest BCUT2D eigenvalue weighted by atomic mass is 9.96. The predicted molar refractivity (Wildman–Crippen MR) is 161 cm³/mol. The van der Waals surface area contributed by atoms with Crippen molar-refractivity contribution >= 4 is 40.6 Å². The van der Waals surface area contributed by atoms with Crippen LogP contribution in [0, 0.1) is 13.8 Å². The van der Waals surface area contributed by atoms with E-state index in [1.807, 2.05) is 54.6 Å². The minimum absolute atomic E-state index is 0.0171. The van der Waals surface area contributed by atoms with E-state index in [9.17, 15) is 9.59 Å². The van der Waals surface area contributed by atoms with Gasteiger partial charge in [0.2, 0.25) is 5.91 Å². The highest BCUT2D eigenvalue weighted by atomic mass is 32.1. The number of carbonyl (C=O) groups excluding carboxylic acids is 2. The average Bonchev–Trinajstić information content (AvgIpc) is 3.48. The minimum Gasteiger partial charge on any atom is -0.465 e. The Hall–Kier alpha value is -4.54. The quantitative estimate of drug-likeness (QED) is 0.225. The Morgan fingerprint density at radius 1 is 1.00 bits per heavy atom. The third-order valence-electron chi connectivity index (χ3n) is 7.14. The van der Waals surface area contributed by atoms with E-state index < -0.39 is 0 Å². The summed E-state index contributed by atoms with van der Waals surface area (Å²) in [4.78, 5) is 30.7. The van der Waals surface area contributed by atoms with Crippen molar-refractivity contribution in [3.05, 3.63) is 107 Å². The van der Waals surface area contributed by atoms with Gasteiger partial charge in [-0.2, -0.15) is 0 Å². The van der Waals surface area contributed by atoms with Crippen molar-refractivity contribution in [2.45, 2.75) is 25.9 Å². The Kier molecular flexibility index (Phi) is 8.14. The molecule has 5 rings (SSSR count). The van der Waals surface area contributed by atoms with E-state index in [1.54, 1.807) is 18.3 Å². The number of benzene rings is 2. The monoisotopic (exact) mass is 569 g/mol. The number of rotatable bonds is 8. The number of hydrogen-bond donors (Lipinski definition) is 2. The van der Waals surface area contributed by atoms with Gasteiger partial charge in [0, 0.05) is 41.8 Å². The largest absolute Gasteiger partial charge is 0.465 e. The zero-order valence-corrected chi connectivity index (χ0v) is 24.1. The molecule has 0 spiro atoms. The molecular weight excluding hydrogens is 538 g/mol. The molecule has 0 aliphatic carbocycles. The first-order valence-corrected chi connectivity index (χ1v) is 13.5. The van der Waals surface area contributed by atoms with Crippen LogP contribution in [0.5, 0.6) is 0 Å². The second-order valence-corrected chi connectivity index (χ2v) is 10.1. The molecule has 0 radical (unpaired) electrons. The van der Waals surface area contributed by atoms with Crippen LogP contribution in [0.2, 0.25) is 0 Å². The molecule has 0 bridgehead atoms. The molecule has 2 N–H and O–H groups in total. The van der Waals surface area contributed by atoms with Crippen LogP contribution in [0.1, 0.15) is 45.1 Å². The second-order valence-electron chi connectivity index (χ2n) is 9.73. The first-order chi connectivity index (χ1) is 19.8. The molecule has 9 nitrogen and oxygen atoms in total. The van der Waals surface area contributed by atoms with Gasteiger partial charge in [-0.15, -0.1) is 0 Å². The number of anilines is 2. The van der Waals surface area contributed by atoms with E-state index in [4.69, 9.17) is 21.7 Å². The molecule has 3 heterocycles. The SMILES string of the molecule is COCC(=O)Nc1ccc(N2C(=S)N[C@@H](c3ccccn3)[C@@H]2c2cc(C)n(-c3ccc(C(=O)OC)cc3)c2C)cc1. The summed E-state index contributed by atoms with van der Waals surface area (Å²) in [5.74, 6) is -0.597. The molecule has 1 aliphatic heterocycles. The van der Waals surface area contributed by atoms with Gasteiger partial charge in [-0.3, -0.25) is 9.78 Å². The average molecular weight is 570 g/mol. The van der Waals surface area contributed by atoms with Crippen molar-refractivity contribution in [2.24, 2.45) is 0 Å². The number of nitrogens with one attached hydrogen (secondary N) is 2. The number of thiocarbonyl (C=S) groups is 1. The molecule has 4 aromatic rings. The Labute approximate surface area is 244 Å². The zero-order valence-electron chi connectivity index (χ0n) is 23.3. The molecule has 1 fully saturated rings. The van der Waals surface area contributed by atoms with Gasteiger partial charge < -0.3 is 29.6 Å². The zero-order chi connectivity index (χ0) is 29.1. The summed E-state index contributed by atoms with van der Waals surface area (Å²) in [6, 6.07) is 22.6. The van der Waals surface area contributed by atoms with E-state index in [0.717, 1.165) is 34.0 Å². The highest BCUT2D eigenvalue weighted by Gasteiger charge is 2.42. The maximum absolute atomic E-state index is 12.0. The van der Waals surface area contributed by atoms with Crippen LogP contribution in [0.3, 0.4) is 0 Å². The Balaban J connectivity index is 1.56. The van der Waals surface area contributed by atoms with Gasteiger partial charge in [0.15, 0.2) is 5.11 Å². The summed E-state index contributed by atoms with van der Waals surface area (Å²) in [5.41, 5.74) is 7.01. The molecule has 41 heavy (non-hydrogen) atoms. The molecule has 10 heteroatoms. The molecule has 1 saturated heterocycles. The topological polar surface area (TPSA) is 97.7 Å². The van der Waals surface area contributed by atoms with E-state index in [1.165, 1.54) is 14.2 Å². The summed E-state index contributed by atoms with van der Waals surface area (Å²) >= 11 is 5.89. The fourth-order valence-corrected chi connectivity index (χ4v) is 5.68. The van der Waals surface area contributed by atoms with Crippen LogP contribution < -0.4 is 15.5 Å². The molecule has 210 valence electrons. The van der Waals surface area contributed by atoms with E-state index in [0.29, 0.717) is 16.4 Å². The Morgan fingerprint density at radius 3 is 2.34 bits per heavy atom. The number of nitrogens with zero attached hydrogens (tertiary/aromatic N) is 3. The van der Waals surface area contributed by atoms with E-state index in [2.05, 4.69) is 45.0 Å². The summed E-state index contributed by atoms with van der Waals surface area (Å²) in [6.07, 6.45) is 1.78. The number of methoxy groups -OCH3 is 2. The number of carbonyl (C=O) groups is 2. The Bertz CT molecular complexity index is 1570. The second kappa shape index (κ2) is 11.9. The molecule has 0 saturated carbocycles. The van der Waals surface area contributed by atoms with Crippen LogP contribution >= 0.6 is 12.2 Å². The van der Waals surface area contributed by atoms with Crippen molar-refractivity contribution in [2.75, 3.05) is 31.0 Å². The van der Waals surface area contributed by atoms with Gasteiger partial charge in [0.1, 0.15) is 6.61 Å². The van der Waals surface area contributed by atoms with Crippen molar-refractivity contribution in [1.29, 1.82) is 0 Å². The standard InChI is InChI=1S/C31H31N5O4S/c1-19-17-25(20(2)35(19)23-12-8-21(9-13-23)30(38)40-4)29-28(26-7-5-6-16-32-26)34-31(41)36(29)24-14-10-22(11-15-24)33-27(37)18-39-3/h5-17,28-29H,18H2,1-4H3,(H,33,37)(H,34,41)/t28-,29-/m0/s1. The van der Waals surface area contributed by atoms with Gasteiger partial charge in [0.25, 0.3) is 0 Å². The van der Waals surface area contributed by atoms with Gasteiger partial charge in [-0.05, 0) is 98.4 Å². The number of hydrogen-bond acceptors (Lipinski definition) is 6. The first kappa shape index (κ1) is 28.0. The Morgan fingerprint density at radius 2 is 1.71 bits per heavy atom. The first-order valence-electron chi connectivity index (χ1n) is 13.1. The van der Waals surface area contributed by atoms with Gasteiger partial charge in [-0.25, -0.2) is 4.79 Å². The maximum atomic E-state index is 12.0. The van der Waals surface area contributed by atoms with Crippen LogP contribution in [0.15, 0.2) is 79.0 Å². The fourth-order valence-electron chi connectivity index (χ4n) is 5.33. The van der Waals surface area contributed by atoms with Crippen LogP contribution in [-0.2, 0) is 14.3 Å². The molecule has 2 aromatic carbocycles. The molecule has 1 amide bonds. The van der Waals surface area contributed by atoms with Crippen LogP contribution in [-0.4, -0.2) is 47.4 Å². The summed E-state index contributed by atoms with van der Waals surface area (Å²) in [5, 5.41) is 6.91. The minimum atomic E-state index is -0.373. The van der Waals surface area contributed by atoms with E-state index in [-0.39, 0.29) is 30.6 Å². The molecule has 2 atom stereocenters. The maximum Gasteiger partial charge on any atom is 0.337 e. The third-order valence-corrected chi connectivity index (χ3v) is 7.45. The van der Waals surface area contributed by atoms with Gasteiger partial charge >= 0.3 is 5.97 Å². The lowest BCUT2D eigenvalue weighted by Gasteiger charge is -2.28. The smallest absolute Gasteiger partial charge is 0.337 e. The lowest BCUT2D eigenvalue weighted by Crippen LogP contribution is -2.29. The van der Waals surface area contributed by atoms with Gasteiger partial charge in [-0.1, -0.05) is 6.07 Å². The molecule has 2 aromatic heterocycles. The molecule has 0 unspecified atom stereocenters. The van der Waals surface area contributed by atoms with Crippen LogP contribution in [0.4, 0.5) is 11.4 Å². The third kappa shape index (κ3) is 5.57. The normalized spacial score (nSPS) is 16.4. The molecular formula is C31H31N5O4S. The van der Waals surface area contributed by atoms with Crippen molar-refractivity contribution in [3.8, 4) is 5.69 Å². The summed E-state index contributed by atoms with van der Waals surface area (Å²) < 4.78 is 11.9. The number of amides is 1. The molecule has 1 aliphatic rings. The number of aromatic nitrogens is 2. The highest BCUT2D eigenvalue weighted by molar-refractivity contribution is 7.80. The summed E-state index contributed by atoms with van der Waals surface area (Å²) in [7, 11) is 2.86.